The van der Waals surface area contributed by atoms with Crippen LogP contribution in [0.3, 0.4) is 0 Å². The Morgan fingerprint density at radius 1 is 0.718 bits per heavy atom. The summed E-state index contributed by atoms with van der Waals surface area (Å²) in [5.74, 6) is -0.787. The van der Waals surface area contributed by atoms with Gasteiger partial charge in [-0.2, -0.15) is 0 Å². The number of ether oxygens (including phenoxy) is 4. The Labute approximate surface area is 231 Å². The maximum Gasteiger partial charge on any atom is 0.169 e. The minimum absolute atomic E-state index is 0.145. The predicted octanol–water partition coefficient (Wildman–Crippen LogP) is 3.08. The van der Waals surface area contributed by atoms with Crippen molar-refractivity contribution < 1.29 is 39.4 Å². The van der Waals surface area contributed by atoms with Crippen molar-refractivity contribution in [3.63, 3.8) is 0 Å². The molecular weight excluding hydrogens is 504 g/mol. The third-order valence-electron chi connectivity index (χ3n) is 9.33. The minimum atomic E-state index is -1.34. The lowest BCUT2D eigenvalue weighted by atomic mass is 9.85. The minimum Gasteiger partial charge on any atom is -0.387 e. The molecule has 1 aromatic heterocycles. The molecule has 0 amide bonds. The average Bonchev–Trinajstić information content (AvgIpc) is 3.45. The fourth-order valence-corrected chi connectivity index (χ4v) is 6.50. The van der Waals surface area contributed by atoms with Gasteiger partial charge in [0.1, 0.15) is 36.6 Å². The Kier molecular flexibility index (Phi) is 8.68. The smallest absolute Gasteiger partial charge is 0.169 e. The topological polar surface area (TPSA) is 144 Å². The molecule has 3 heterocycles. The van der Waals surface area contributed by atoms with Gasteiger partial charge in [0, 0.05) is 25.7 Å². The molecule has 2 aliphatic carbocycles. The summed E-state index contributed by atoms with van der Waals surface area (Å²) in [7, 11) is 0. The molecule has 0 radical (unpaired) electrons. The highest BCUT2D eigenvalue weighted by Crippen LogP contribution is 2.44. The van der Waals surface area contributed by atoms with E-state index in [1.165, 1.54) is 12.4 Å². The fourth-order valence-electron chi connectivity index (χ4n) is 6.50. The molecule has 2 spiro atoms. The molecule has 10 heteroatoms. The van der Waals surface area contributed by atoms with Crippen LogP contribution in [-0.2, 0) is 18.9 Å². The Morgan fingerprint density at radius 3 is 1.82 bits per heavy atom. The lowest BCUT2D eigenvalue weighted by Gasteiger charge is -2.29. The van der Waals surface area contributed by atoms with E-state index in [9.17, 15) is 20.4 Å². The number of nitrogens with zero attached hydrogens (tertiary/aromatic N) is 2. The number of hydrogen-bond donors (Lipinski definition) is 4. The molecule has 1 aromatic rings. The van der Waals surface area contributed by atoms with Gasteiger partial charge in [-0.1, -0.05) is 27.2 Å². The van der Waals surface area contributed by atoms with E-state index in [0.29, 0.717) is 5.92 Å². The molecule has 5 rings (SSSR count). The van der Waals surface area contributed by atoms with Gasteiger partial charge >= 0.3 is 0 Å². The van der Waals surface area contributed by atoms with Crippen molar-refractivity contribution in [1.29, 1.82) is 0 Å². The summed E-state index contributed by atoms with van der Waals surface area (Å²) in [6.45, 7) is 7.12. The van der Waals surface area contributed by atoms with Crippen molar-refractivity contribution in [3.8, 4) is 0 Å². The average molecular weight is 551 g/mol. The lowest BCUT2D eigenvalue weighted by Crippen LogP contribution is -2.38. The molecule has 2 aliphatic heterocycles. The van der Waals surface area contributed by atoms with E-state index in [1.807, 2.05) is 0 Å². The Bertz CT molecular complexity index is 963. The van der Waals surface area contributed by atoms with Crippen LogP contribution in [0.15, 0.2) is 12.4 Å². The van der Waals surface area contributed by atoms with Crippen LogP contribution < -0.4 is 0 Å². The first kappa shape index (κ1) is 29.3. The van der Waals surface area contributed by atoms with Gasteiger partial charge in [0.15, 0.2) is 11.6 Å². The van der Waals surface area contributed by atoms with Gasteiger partial charge in [-0.25, -0.2) is 0 Å². The van der Waals surface area contributed by atoms with E-state index >= 15 is 0 Å². The van der Waals surface area contributed by atoms with Crippen molar-refractivity contribution in [3.05, 3.63) is 23.8 Å². The highest BCUT2D eigenvalue weighted by Gasteiger charge is 2.48. The number of aliphatic hydroxyl groups excluding tert-OH is 4. The summed E-state index contributed by atoms with van der Waals surface area (Å²) in [6.07, 6.45) is 5.33. The maximum atomic E-state index is 10.9. The summed E-state index contributed by atoms with van der Waals surface area (Å²) in [5, 5.41) is 43.4. The van der Waals surface area contributed by atoms with Crippen LogP contribution in [0, 0.1) is 11.3 Å². The molecule has 0 aromatic carbocycles. The zero-order valence-electron chi connectivity index (χ0n) is 23.5. The van der Waals surface area contributed by atoms with Crippen molar-refractivity contribution in [1.82, 2.24) is 9.97 Å². The summed E-state index contributed by atoms with van der Waals surface area (Å²) < 4.78 is 24.4. The first-order valence-electron chi connectivity index (χ1n) is 14.7. The van der Waals surface area contributed by atoms with Gasteiger partial charge in [-0.3, -0.25) is 9.97 Å². The Morgan fingerprint density at radius 2 is 1.26 bits per heavy atom. The SMILES string of the molecule is CC1CCCC2(CC1)OCC(C(O)C(O)c1cnc(C(O)C(O)C3COC4(CCCC(C)(C)CC4)O3)cn1)O2. The molecule has 4 fully saturated rings. The highest BCUT2D eigenvalue weighted by atomic mass is 16.8. The molecule has 2 saturated carbocycles. The van der Waals surface area contributed by atoms with Gasteiger partial charge in [0.05, 0.1) is 37.0 Å². The molecule has 10 nitrogen and oxygen atoms in total. The van der Waals surface area contributed by atoms with Crippen LogP contribution in [0.1, 0.15) is 109 Å². The number of aliphatic hydroxyl groups is 4. The zero-order chi connectivity index (χ0) is 27.8. The molecule has 0 bridgehead atoms. The van der Waals surface area contributed by atoms with Crippen molar-refractivity contribution in [2.24, 2.45) is 11.3 Å². The second-order valence-electron chi connectivity index (χ2n) is 13.0. The van der Waals surface area contributed by atoms with Crippen molar-refractivity contribution in [2.75, 3.05) is 13.2 Å². The third kappa shape index (κ3) is 6.48. The highest BCUT2D eigenvalue weighted by molar-refractivity contribution is 5.11. The zero-order valence-corrected chi connectivity index (χ0v) is 23.5. The van der Waals surface area contributed by atoms with Gasteiger partial charge in [0.2, 0.25) is 0 Å². The van der Waals surface area contributed by atoms with E-state index in [2.05, 4.69) is 30.7 Å². The first-order chi connectivity index (χ1) is 18.5. The van der Waals surface area contributed by atoms with Crippen molar-refractivity contribution in [2.45, 2.75) is 133 Å². The summed E-state index contributed by atoms with van der Waals surface area (Å²) in [5.41, 5.74) is 0.521. The van der Waals surface area contributed by atoms with Crippen LogP contribution >= 0.6 is 0 Å². The molecular formula is C29H46N2O8. The molecule has 4 aliphatic rings. The predicted molar refractivity (Wildman–Crippen MR) is 140 cm³/mol. The number of hydrogen-bond acceptors (Lipinski definition) is 10. The van der Waals surface area contributed by atoms with Crippen molar-refractivity contribution >= 4 is 0 Å². The standard InChI is InChI=1S/C29H46N2O8/c1-18-6-4-9-28(11-7-18)36-16-21(38-28)25(34)23(32)19-14-31-20(15-30-19)24(33)26(35)22-17-37-29(39-22)10-5-8-27(2,3)12-13-29/h14-15,18,21-26,32-35H,4-13,16-17H2,1-3H3. The Balaban J connectivity index is 1.16. The van der Waals surface area contributed by atoms with E-state index in [-0.39, 0.29) is 30.0 Å². The first-order valence-corrected chi connectivity index (χ1v) is 14.7. The van der Waals surface area contributed by atoms with Gasteiger partial charge < -0.3 is 39.4 Å². The largest absolute Gasteiger partial charge is 0.387 e. The quantitative estimate of drug-likeness (QED) is 0.417. The summed E-state index contributed by atoms with van der Waals surface area (Å²) >= 11 is 0. The summed E-state index contributed by atoms with van der Waals surface area (Å²) in [6, 6.07) is 0. The monoisotopic (exact) mass is 550 g/mol. The van der Waals surface area contributed by atoms with Gasteiger partial charge in [-0.05, 0) is 43.4 Å². The van der Waals surface area contributed by atoms with E-state index in [0.717, 1.165) is 64.2 Å². The third-order valence-corrected chi connectivity index (χ3v) is 9.33. The van der Waals surface area contributed by atoms with Gasteiger partial charge in [-0.15, -0.1) is 0 Å². The normalized spacial score (nSPS) is 38.3. The number of aromatic nitrogens is 2. The van der Waals surface area contributed by atoms with Crippen LogP contribution in [0.25, 0.3) is 0 Å². The molecule has 9 atom stereocenters. The van der Waals surface area contributed by atoms with Crippen LogP contribution in [-0.4, -0.2) is 79.6 Å². The molecule has 220 valence electrons. The van der Waals surface area contributed by atoms with E-state index in [1.54, 1.807) is 0 Å². The fraction of sp³-hybridized carbons (Fsp3) is 0.862. The van der Waals surface area contributed by atoms with Crippen LogP contribution in [0.2, 0.25) is 0 Å². The maximum absolute atomic E-state index is 10.9. The lowest BCUT2D eigenvalue weighted by molar-refractivity contribution is -0.193. The molecule has 4 N–H and O–H groups in total. The van der Waals surface area contributed by atoms with Crippen LogP contribution in [0.5, 0.6) is 0 Å². The van der Waals surface area contributed by atoms with E-state index < -0.39 is 48.2 Å². The van der Waals surface area contributed by atoms with E-state index in [4.69, 9.17) is 18.9 Å². The molecule has 39 heavy (non-hydrogen) atoms. The van der Waals surface area contributed by atoms with Crippen LogP contribution in [0.4, 0.5) is 0 Å². The second kappa shape index (κ2) is 11.6. The second-order valence-corrected chi connectivity index (χ2v) is 13.0. The Hall–Kier alpha value is -1.24. The van der Waals surface area contributed by atoms with Gasteiger partial charge in [0.25, 0.3) is 0 Å². The molecule has 2 saturated heterocycles. The molecule has 9 unspecified atom stereocenters. The number of rotatable bonds is 6. The summed E-state index contributed by atoms with van der Waals surface area (Å²) in [4.78, 5) is 8.46.